The number of rotatable bonds is 6. The van der Waals surface area contributed by atoms with E-state index in [0.29, 0.717) is 6.10 Å². The van der Waals surface area contributed by atoms with Crippen LogP contribution in [0.15, 0.2) is 36.7 Å². The predicted octanol–water partition coefficient (Wildman–Crippen LogP) is 3.24. The minimum atomic E-state index is 0.333. The Labute approximate surface area is 126 Å². The topological polar surface area (TPSA) is 39.1 Å². The van der Waals surface area contributed by atoms with Gasteiger partial charge in [0.25, 0.3) is 0 Å². The molecule has 4 heteroatoms. The maximum Gasteiger partial charge on any atom is 0.0771 e. The van der Waals surface area contributed by atoms with E-state index >= 15 is 0 Å². The number of benzene rings is 1. The molecule has 1 aromatic carbocycles. The van der Waals surface area contributed by atoms with Gasteiger partial charge in [-0.3, -0.25) is 4.68 Å². The van der Waals surface area contributed by atoms with Gasteiger partial charge in [-0.25, -0.2) is 0 Å². The van der Waals surface area contributed by atoms with Gasteiger partial charge in [-0.05, 0) is 30.4 Å². The number of hydrogen-bond donors (Lipinski definition) is 1. The lowest BCUT2D eigenvalue weighted by molar-refractivity contribution is 0.0940. The van der Waals surface area contributed by atoms with Crippen molar-refractivity contribution in [2.75, 3.05) is 11.9 Å². The molecule has 0 bridgehead atoms. The van der Waals surface area contributed by atoms with E-state index in [1.54, 1.807) is 0 Å². The third-order valence-electron chi connectivity index (χ3n) is 3.98. The summed E-state index contributed by atoms with van der Waals surface area (Å²) < 4.78 is 7.61. The second-order valence-electron chi connectivity index (χ2n) is 5.61. The third-order valence-corrected chi connectivity index (χ3v) is 3.98. The summed E-state index contributed by atoms with van der Waals surface area (Å²) in [7, 11) is 0. The van der Waals surface area contributed by atoms with Crippen LogP contribution in [-0.2, 0) is 24.2 Å². The molecule has 2 aromatic rings. The zero-order valence-electron chi connectivity index (χ0n) is 12.6. The van der Waals surface area contributed by atoms with E-state index in [-0.39, 0.29) is 0 Å². The molecule has 21 heavy (non-hydrogen) atoms. The third kappa shape index (κ3) is 3.85. The Morgan fingerprint density at radius 3 is 2.81 bits per heavy atom. The molecule has 1 aromatic heterocycles. The average Bonchev–Trinajstić information content (AvgIpc) is 3.18. The molecule has 0 radical (unpaired) electrons. The molecule has 0 spiro atoms. The van der Waals surface area contributed by atoms with Crippen LogP contribution in [0.1, 0.15) is 30.9 Å². The first-order valence-electron chi connectivity index (χ1n) is 7.79. The molecule has 1 aliphatic rings. The van der Waals surface area contributed by atoms with Gasteiger partial charge in [0.1, 0.15) is 0 Å². The van der Waals surface area contributed by atoms with Gasteiger partial charge in [0, 0.05) is 19.3 Å². The van der Waals surface area contributed by atoms with Crippen LogP contribution in [0.25, 0.3) is 0 Å². The van der Waals surface area contributed by atoms with Crippen LogP contribution in [0.2, 0.25) is 0 Å². The summed E-state index contributed by atoms with van der Waals surface area (Å²) in [6.07, 6.45) is 7.68. The molecule has 1 N–H and O–H groups in total. The van der Waals surface area contributed by atoms with Crippen LogP contribution in [0, 0.1) is 0 Å². The highest BCUT2D eigenvalue weighted by Crippen LogP contribution is 2.15. The molecule has 112 valence electrons. The highest BCUT2D eigenvalue weighted by Gasteiger charge is 2.16. The van der Waals surface area contributed by atoms with Gasteiger partial charge in [-0.1, -0.05) is 31.2 Å². The Morgan fingerprint density at radius 2 is 2.10 bits per heavy atom. The standard InChI is InChI=1S/C17H23N3O/c1-2-14-5-7-15(8-6-14)10-18-16-11-19-20(12-16)13-17-4-3-9-21-17/h5-8,11-12,17-18H,2-4,9-10,13H2,1H3. The monoisotopic (exact) mass is 285 g/mol. The van der Waals surface area contributed by atoms with Gasteiger partial charge in [0.05, 0.1) is 24.5 Å². The van der Waals surface area contributed by atoms with E-state index in [4.69, 9.17) is 4.74 Å². The van der Waals surface area contributed by atoms with Crippen LogP contribution in [0.4, 0.5) is 5.69 Å². The molecule has 1 fully saturated rings. The quantitative estimate of drug-likeness (QED) is 0.885. The highest BCUT2D eigenvalue weighted by atomic mass is 16.5. The first kappa shape index (κ1) is 14.1. The number of aromatic nitrogens is 2. The number of hydrogen-bond acceptors (Lipinski definition) is 3. The molecule has 1 unspecified atom stereocenters. The van der Waals surface area contributed by atoms with Crippen LogP contribution >= 0.6 is 0 Å². The Hall–Kier alpha value is -1.81. The van der Waals surface area contributed by atoms with Crippen molar-refractivity contribution in [3.05, 3.63) is 47.8 Å². The van der Waals surface area contributed by atoms with Gasteiger partial charge in [0.2, 0.25) is 0 Å². The minimum absolute atomic E-state index is 0.333. The maximum absolute atomic E-state index is 5.64. The SMILES string of the molecule is CCc1ccc(CNc2cnn(CC3CCCO3)c2)cc1. The zero-order chi connectivity index (χ0) is 14.5. The number of aryl methyl sites for hydroxylation is 1. The number of nitrogens with zero attached hydrogens (tertiary/aromatic N) is 2. The second-order valence-corrected chi connectivity index (χ2v) is 5.61. The average molecular weight is 285 g/mol. The fourth-order valence-electron chi connectivity index (χ4n) is 2.65. The molecular formula is C17H23N3O. The fourth-order valence-corrected chi connectivity index (χ4v) is 2.65. The normalized spacial score (nSPS) is 18.0. The molecule has 1 saturated heterocycles. The molecular weight excluding hydrogens is 262 g/mol. The number of nitrogens with one attached hydrogen (secondary N) is 1. The van der Waals surface area contributed by atoms with E-state index < -0.39 is 0 Å². The smallest absolute Gasteiger partial charge is 0.0771 e. The molecule has 1 atom stereocenters. The van der Waals surface area contributed by atoms with E-state index in [9.17, 15) is 0 Å². The van der Waals surface area contributed by atoms with Gasteiger partial charge in [-0.2, -0.15) is 5.10 Å². The summed E-state index contributed by atoms with van der Waals surface area (Å²) in [5.41, 5.74) is 3.73. The molecule has 2 heterocycles. The molecule has 3 rings (SSSR count). The van der Waals surface area contributed by atoms with Crippen molar-refractivity contribution in [3.63, 3.8) is 0 Å². The first-order chi connectivity index (χ1) is 10.3. The van der Waals surface area contributed by atoms with Gasteiger partial charge in [0.15, 0.2) is 0 Å². The van der Waals surface area contributed by atoms with Gasteiger partial charge < -0.3 is 10.1 Å². The summed E-state index contributed by atoms with van der Waals surface area (Å²) in [5, 5.41) is 7.81. The Kier molecular flexibility index (Phi) is 4.55. The predicted molar refractivity (Wildman–Crippen MR) is 84.3 cm³/mol. The molecule has 0 saturated carbocycles. The van der Waals surface area contributed by atoms with Crippen molar-refractivity contribution in [2.24, 2.45) is 0 Å². The largest absolute Gasteiger partial charge is 0.378 e. The number of anilines is 1. The number of ether oxygens (including phenoxy) is 1. The van der Waals surface area contributed by atoms with Crippen LogP contribution in [0.5, 0.6) is 0 Å². The Morgan fingerprint density at radius 1 is 1.29 bits per heavy atom. The fraction of sp³-hybridized carbons (Fsp3) is 0.471. The van der Waals surface area contributed by atoms with E-state index in [2.05, 4.69) is 47.8 Å². The molecule has 0 aliphatic carbocycles. The van der Waals surface area contributed by atoms with Crippen molar-refractivity contribution < 1.29 is 4.74 Å². The van der Waals surface area contributed by atoms with Crippen molar-refractivity contribution in [1.82, 2.24) is 9.78 Å². The van der Waals surface area contributed by atoms with Crippen LogP contribution in [-0.4, -0.2) is 22.5 Å². The summed E-state index contributed by atoms with van der Waals surface area (Å²) in [6, 6.07) is 8.75. The van der Waals surface area contributed by atoms with E-state index in [0.717, 1.165) is 38.2 Å². The summed E-state index contributed by atoms with van der Waals surface area (Å²) in [5.74, 6) is 0. The molecule has 1 aliphatic heterocycles. The highest BCUT2D eigenvalue weighted by molar-refractivity contribution is 5.39. The van der Waals surface area contributed by atoms with E-state index in [1.807, 2.05) is 10.9 Å². The lowest BCUT2D eigenvalue weighted by Gasteiger charge is -2.08. The zero-order valence-corrected chi connectivity index (χ0v) is 12.6. The van der Waals surface area contributed by atoms with Crippen molar-refractivity contribution >= 4 is 5.69 Å². The lowest BCUT2D eigenvalue weighted by atomic mass is 10.1. The Balaban J connectivity index is 1.51. The summed E-state index contributed by atoms with van der Waals surface area (Å²) in [4.78, 5) is 0. The van der Waals surface area contributed by atoms with Crippen molar-refractivity contribution in [3.8, 4) is 0 Å². The lowest BCUT2D eigenvalue weighted by Crippen LogP contribution is -2.15. The Bertz CT molecular complexity index is 556. The first-order valence-corrected chi connectivity index (χ1v) is 7.79. The van der Waals surface area contributed by atoms with Gasteiger partial charge >= 0.3 is 0 Å². The second kappa shape index (κ2) is 6.76. The van der Waals surface area contributed by atoms with Crippen LogP contribution in [0.3, 0.4) is 0 Å². The van der Waals surface area contributed by atoms with E-state index in [1.165, 1.54) is 17.5 Å². The molecule has 4 nitrogen and oxygen atoms in total. The summed E-state index contributed by atoms with van der Waals surface area (Å²) >= 11 is 0. The van der Waals surface area contributed by atoms with Crippen molar-refractivity contribution in [1.29, 1.82) is 0 Å². The van der Waals surface area contributed by atoms with Crippen molar-refractivity contribution in [2.45, 2.75) is 45.4 Å². The van der Waals surface area contributed by atoms with Crippen LogP contribution < -0.4 is 5.32 Å². The minimum Gasteiger partial charge on any atom is -0.378 e. The summed E-state index contributed by atoms with van der Waals surface area (Å²) in [6.45, 7) is 4.75. The van der Waals surface area contributed by atoms with Gasteiger partial charge in [-0.15, -0.1) is 0 Å². The molecule has 0 amide bonds. The maximum atomic E-state index is 5.64.